The molecule has 2 aromatic heterocycles. The minimum absolute atomic E-state index is 0.0178. The van der Waals surface area contributed by atoms with Crippen LogP contribution in [-0.2, 0) is 0 Å². The summed E-state index contributed by atoms with van der Waals surface area (Å²) >= 11 is 5.89. The number of likely N-dealkylation sites (N-methyl/N-ethyl adjacent to an activating group) is 1. The van der Waals surface area contributed by atoms with Gasteiger partial charge in [-0.05, 0) is 30.8 Å². The van der Waals surface area contributed by atoms with E-state index in [0.29, 0.717) is 17.9 Å². The molecule has 3 N–H and O–H groups in total. The summed E-state index contributed by atoms with van der Waals surface area (Å²) < 4.78 is 13.4. The molecule has 0 saturated heterocycles. The molecule has 0 unspecified atom stereocenters. The molecule has 2 heterocycles. The van der Waals surface area contributed by atoms with Crippen molar-refractivity contribution in [2.45, 2.75) is 6.04 Å². The lowest BCUT2D eigenvalue weighted by atomic mass is 10.1. The number of hydrogen-bond donors (Lipinski definition) is 3. The summed E-state index contributed by atoms with van der Waals surface area (Å²) in [7, 11) is 1.78. The number of nitrogens with one attached hydrogen (secondary N) is 2. The van der Waals surface area contributed by atoms with Gasteiger partial charge in [-0.15, -0.1) is 0 Å². The molecule has 0 aliphatic carbocycles. The van der Waals surface area contributed by atoms with E-state index in [0.717, 1.165) is 5.56 Å². The minimum atomic E-state index is -1.10. The Kier molecular flexibility index (Phi) is 5.24. The summed E-state index contributed by atoms with van der Waals surface area (Å²) in [5.74, 6) is -1.23. The number of halogens is 2. The number of benzene rings is 1. The van der Waals surface area contributed by atoms with E-state index in [1.165, 1.54) is 30.7 Å². The van der Waals surface area contributed by atoms with E-state index in [-0.39, 0.29) is 22.1 Å². The van der Waals surface area contributed by atoms with Gasteiger partial charge >= 0.3 is 5.97 Å². The van der Waals surface area contributed by atoms with Gasteiger partial charge in [0.1, 0.15) is 23.2 Å². The van der Waals surface area contributed by atoms with Crippen LogP contribution in [0.4, 0.5) is 10.2 Å². The molecule has 0 radical (unpaired) electrons. The van der Waals surface area contributed by atoms with Crippen molar-refractivity contribution >= 4 is 34.4 Å². The molecule has 0 aliphatic heterocycles. The number of carbonyl (C=O) groups is 1. The van der Waals surface area contributed by atoms with Crippen molar-refractivity contribution in [2.24, 2.45) is 0 Å². The quantitative estimate of drug-likeness (QED) is 0.609. The molecule has 0 spiro atoms. The van der Waals surface area contributed by atoms with Crippen LogP contribution in [0.1, 0.15) is 22.0 Å². The summed E-state index contributed by atoms with van der Waals surface area (Å²) in [5.41, 5.74) is 1.35. The van der Waals surface area contributed by atoms with Crippen molar-refractivity contribution in [3.05, 3.63) is 58.8 Å². The maximum atomic E-state index is 13.4. The van der Waals surface area contributed by atoms with Gasteiger partial charge in [0.2, 0.25) is 0 Å². The molecule has 1 atom stereocenters. The summed E-state index contributed by atoms with van der Waals surface area (Å²) in [4.78, 5) is 23.8. The predicted octanol–water partition coefficient (Wildman–Crippen LogP) is 2.89. The number of nitrogens with zero attached hydrogens (tertiary/aromatic N) is 3. The van der Waals surface area contributed by atoms with E-state index in [4.69, 9.17) is 11.6 Å². The molecule has 3 rings (SSSR count). The molecule has 26 heavy (non-hydrogen) atoms. The maximum absolute atomic E-state index is 13.4. The average molecular weight is 376 g/mol. The third kappa shape index (κ3) is 3.56. The van der Waals surface area contributed by atoms with Gasteiger partial charge in [-0.3, -0.25) is 4.98 Å². The van der Waals surface area contributed by atoms with E-state index in [1.54, 1.807) is 13.1 Å². The minimum Gasteiger partial charge on any atom is -0.478 e. The molecule has 0 saturated carbocycles. The van der Waals surface area contributed by atoms with Gasteiger partial charge in [0.15, 0.2) is 5.82 Å². The van der Waals surface area contributed by atoms with Crippen LogP contribution in [0.15, 0.2) is 36.8 Å². The number of aromatic carboxylic acids is 1. The number of anilines is 1. The molecular formula is C17H15ClFN5O2. The average Bonchev–Trinajstić information content (AvgIpc) is 2.63. The highest BCUT2D eigenvalue weighted by molar-refractivity contribution is 6.30. The van der Waals surface area contributed by atoms with E-state index >= 15 is 0 Å². The number of aromatic nitrogens is 3. The smallest absolute Gasteiger partial charge is 0.338 e. The molecule has 0 amide bonds. The van der Waals surface area contributed by atoms with Gasteiger partial charge in [-0.2, -0.15) is 0 Å². The largest absolute Gasteiger partial charge is 0.478 e. The summed E-state index contributed by atoms with van der Waals surface area (Å²) in [6.45, 7) is 0.492. The van der Waals surface area contributed by atoms with Crippen molar-refractivity contribution in [3.8, 4) is 0 Å². The maximum Gasteiger partial charge on any atom is 0.338 e. The van der Waals surface area contributed by atoms with Gasteiger partial charge in [0.25, 0.3) is 0 Å². The zero-order valence-electron chi connectivity index (χ0n) is 13.7. The molecular weight excluding hydrogens is 361 g/mol. The summed E-state index contributed by atoms with van der Waals surface area (Å²) in [5, 5.41) is 15.6. The van der Waals surface area contributed by atoms with Crippen molar-refractivity contribution < 1.29 is 14.3 Å². The Labute approximate surface area is 153 Å². The van der Waals surface area contributed by atoms with E-state index < -0.39 is 11.8 Å². The highest BCUT2D eigenvalue weighted by Crippen LogP contribution is 2.26. The second-order valence-electron chi connectivity index (χ2n) is 5.51. The monoisotopic (exact) mass is 375 g/mol. The third-order valence-electron chi connectivity index (χ3n) is 3.82. The number of hydrogen-bond acceptors (Lipinski definition) is 6. The SMILES string of the molecule is CNC[C@@H](Nc1ncnc2c(C(=O)O)ccnc12)c1ccc(F)c(Cl)c1. The number of carboxylic acids is 1. The number of rotatable bonds is 6. The summed E-state index contributed by atoms with van der Waals surface area (Å²) in [6, 6.07) is 5.53. The first-order valence-electron chi connectivity index (χ1n) is 7.70. The summed E-state index contributed by atoms with van der Waals surface area (Å²) in [6.07, 6.45) is 2.66. The highest BCUT2D eigenvalue weighted by Gasteiger charge is 2.18. The Balaban J connectivity index is 2.03. The first-order valence-corrected chi connectivity index (χ1v) is 8.08. The Hall–Kier alpha value is -2.84. The zero-order chi connectivity index (χ0) is 18.7. The lowest BCUT2D eigenvalue weighted by Crippen LogP contribution is -2.24. The van der Waals surface area contributed by atoms with Crippen LogP contribution in [0, 0.1) is 5.82 Å². The van der Waals surface area contributed by atoms with Gasteiger partial charge in [0, 0.05) is 12.7 Å². The van der Waals surface area contributed by atoms with Gasteiger partial charge in [-0.1, -0.05) is 17.7 Å². The van der Waals surface area contributed by atoms with Crippen molar-refractivity contribution in [1.82, 2.24) is 20.3 Å². The van der Waals surface area contributed by atoms with Gasteiger partial charge < -0.3 is 15.7 Å². The molecule has 9 heteroatoms. The Morgan fingerprint density at radius 3 is 2.77 bits per heavy atom. The molecule has 0 bridgehead atoms. The van der Waals surface area contributed by atoms with Crippen molar-refractivity contribution in [3.63, 3.8) is 0 Å². The Morgan fingerprint density at radius 2 is 2.08 bits per heavy atom. The standard InChI is InChI=1S/C17H15ClFN5O2/c1-20-7-13(9-2-3-12(19)11(18)6-9)24-16-15-14(22-8-23-16)10(17(25)26)4-5-21-15/h2-6,8,13,20H,7H2,1H3,(H,25,26)(H,22,23,24)/t13-/m1/s1. The predicted molar refractivity (Wildman–Crippen MR) is 96.0 cm³/mol. The van der Waals surface area contributed by atoms with Gasteiger partial charge in [0.05, 0.1) is 16.6 Å². The fourth-order valence-electron chi connectivity index (χ4n) is 2.59. The number of carboxylic acid groups (broad SMARTS) is 1. The molecule has 7 nitrogen and oxygen atoms in total. The fraction of sp³-hybridized carbons (Fsp3) is 0.176. The second kappa shape index (κ2) is 7.59. The topological polar surface area (TPSA) is 100 Å². The lowest BCUT2D eigenvalue weighted by molar-refractivity contribution is 0.0698. The van der Waals surface area contributed by atoms with Crippen LogP contribution in [0.3, 0.4) is 0 Å². The molecule has 1 aromatic carbocycles. The van der Waals surface area contributed by atoms with Crippen LogP contribution < -0.4 is 10.6 Å². The van der Waals surface area contributed by atoms with Gasteiger partial charge in [-0.25, -0.2) is 19.2 Å². The Bertz CT molecular complexity index is 969. The van der Waals surface area contributed by atoms with Crippen LogP contribution in [0.2, 0.25) is 5.02 Å². The number of fused-ring (bicyclic) bond motifs is 1. The molecule has 0 fully saturated rings. The van der Waals surface area contributed by atoms with E-state index in [1.807, 2.05) is 0 Å². The van der Waals surface area contributed by atoms with Crippen LogP contribution in [0.5, 0.6) is 0 Å². The Morgan fingerprint density at radius 1 is 1.27 bits per heavy atom. The zero-order valence-corrected chi connectivity index (χ0v) is 14.5. The van der Waals surface area contributed by atoms with Crippen molar-refractivity contribution in [2.75, 3.05) is 18.9 Å². The van der Waals surface area contributed by atoms with Crippen LogP contribution in [0.25, 0.3) is 11.0 Å². The van der Waals surface area contributed by atoms with Crippen LogP contribution >= 0.6 is 11.6 Å². The van der Waals surface area contributed by atoms with Crippen LogP contribution in [-0.4, -0.2) is 39.6 Å². The van der Waals surface area contributed by atoms with Crippen molar-refractivity contribution in [1.29, 1.82) is 0 Å². The second-order valence-corrected chi connectivity index (χ2v) is 5.92. The molecule has 134 valence electrons. The normalized spacial score (nSPS) is 12.1. The molecule has 3 aromatic rings. The third-order valence-corrected chi connectivity index (χ3v) is 4.11. The lowest BCUT2D eigenvalue weighted by Gasteiger charge is -2.20. The fourth-order valence-corrected chi connectivity index (χ4v) is 2.78. The van der Waals surface area contributed by atoms with E-state index in [2.05, 4.69) is 25.6 Å². The highest BCUT2D eigenvalue weighted by atomic mass is 35.5. The molecule has 0 aliphatic rings. The first-order chi connectivity index (χ1) is 12.5. The number of pyridine rings is 1. The van der Waals surface area contributed by atoms with E-state index in [9.17, 15) is 14.3 Å². The first kappa shape index (κ1) is 18.0.